The van der Waals surface area contributed by atoms with E-state index in [1.165, 1.54) is 31.4 Å². The van der Waals surface area contributed by atoms with Crippen LogP contribution < -0.4 is 18.9 Å². The van der Waals surface area contributed by atoms with E-state index in [-0.39, 0.29) is 75.8 Å². The van der Waals surface area contributed by atoms with Crippen molar-refractivity contribution in [2.75, 3.05) is 7.11 Å². The van der Waals surface area contributed by atoms with Crippen LogP contribution in [0.15, 0.2) is 66.7 Å². The quantitative estimate of drug-likeness (QED) is 0.240. The lowest BCUT2D eigenvalue weighted by Gasteiger charge is -2.27. The third-order valence-corrected chi connectivity index (χ3v) is 7.03. The van der Waals surface area contributed by atoms with Gasteiger partial charge < -0.3 is 39.4 Å². The summed E-state index contributed by atoms with van der Waals surface area (Å²) in [6, 6.07) is 16.6. The largest absolute Gasteiger partial charge is 0.508 e. The second-order valence-electron chi connectivity index (χ2n) is 9.72. The molecule has 208 valence electrons. The highest BCUT2D eigenvalue weighted by atomic mass is 16.5. The van der Waals surface area contributed by atoms with Gasteiger partial charge in [0.25, 0.3) is 0 Å². The number of phenolic OH excluding ortho intramolecular Hbond substituents is 4. The third kappa shape index (κ3) is 4.80. The van der Waals surface area contributed by atoms with E-state index < -0.39 is 12.2 Å². The van der Waals surface area contributed by atoms with E-state index in [2.05, 4.69) is 0 Å². The molecule has 0 amide bonds. The first-order valence-corrected chi connectivity index (χ1v) is 12.7. The second kappa shape index (κ2) is 9.98. The number of rotatable bonds is 5. The van der Waals surface area contributed by atoms with Gasteiger partial charge in [0.05, 0.1) is 20.0 Å². The molecule has 2 aliphatic heterocycles. The van der Waals surface area contributed by atoms with Gasteiger partial charge in [-0.3, -0.25) is 9.59 Å². The first-order valence-electron chi connectivity index (χ1n) is 12.7. The van der Waals surface area contributed by atoms with Crippen molar-refractivity contribution in [3.8, 4) is 51.7 Å². The smallest absolute Gasteiger partial charge is 0.174 e. The highest BCUT2D eigenvalue weighted by molar-refractivity contribution is 6.03. The number of benzene rings is 4. The van der Waals surface area contributed by atoms with Crippen molar-refractivity contribution in [1.29, 1.82) is 0 Å². The summed E-state index contributed by atoms with van der Waals surface area (Å²) in [6.07, 6.45) is -1.34. The van der Waals surface area contributed by atoms with Crippen LogP contribution in [0.1, 0.15) is 56.9 Å². The average Bonchev–Trinajstić information content (AvgIpc) is 2.93. The first-order chi connectivity index (χ1) is 19.7. The highest BCUT2D eigenvalue weighted by Gasteiger charge is 2.32. The lowest BCUT2D eigenvalue weighted by molar-refractivity contribution is 0.0834. The zero-order chi connectivity index (χ0) is 28.8. The Bertz CT molecular complexity index is 1690. The van der Waals surface area contributed by atoms with Gasteiger partial charge in [0, 0.05) is 24.3 Å². The highest BCUT2D eigenvalue weighted by Crippen LogP contribution is 2.44. The molecule has 4 aromatic rings. The maximum Gasteiger partial charge on any atom is 0.174 e. The number of ketones is 2. The van der Waals surface area contributed by atoms with E-state index in [9.17, 15) is 30.0 Å². The van der Waals surface area contributed by atoms with E-state index in [1.807, 2.05) is 0 Å². The maximum atomic E-state index is 12.8. The van der Waals surface area contributed by atoms with Gasteiger partial charge in [-0.05, 0) is 35.4 Å². The molecular weight excluding hydrogens is 532 g/mol. The second-order valence-corrected chi connectivity index (χ2v) is 9.72. The van der Waals surface area contributed by atoms with Crippen molar-refractivity contribution in [3.05, 3.63) is 89.0 Å². The average molecular weight is 557 g/mol. The molecule has 4 aromatic carbocycles. The maximum absolute atomic E-state index is 12.8. The van der Waals surface area contributed by atoms with E-state index in [0.717, 1.165) is 6.07 Å². The van der Waals surface area contributed by atoms with Crippen molar-refractivity contribution >= 4 is 11.6 Å². The Labute approximate surface area is 233 Å². The lowest BCUT2D eigenvalue weighted by Crippen LogP contribution is -2.20. The molecule has 0 aliphatic carbocycles. The summed E-state index contributed by atoms with van der Waals surface area (Å²) in [4.78, 5) is 25.4. The number of methoxy groups -OCH3 is 1. The van der Waals surface area contributed by atoms with Crippen molar-refractivity contribution in [3.63, 3.8) is 0 Å². The number of fused-ring (bicyclic) bond motifs is 2. The molecule has 6 rings (SSSR count). The Morgan fingerprint density at radius 2 is 1.24 bits per heavy atom. The molecule has 0 aromatic heterocycles. The summed E-state index contributed by atoms with van der Waals surface area (Å²) in [7, 11) is 1.44. The molecule has 10 nitrogen and oxygen atoms in total. The van der Waals surface area contributed by atoms with Gasteiger partial charge in [-0.2, -0.15) is 0 Å². The predicted octanol–water partition coefficient (Wildman–Crippen LogP) is 5.72. The number of hydrogen-bond acceptors (Lipinski definition) is 10. The number of Topliss-reactive ketones (excluding diaryl/α,β-unsaturated/α-hetero) is 2. The van der Waals surface area contributed by atoms with Crippen LogP contribution >= 0.6 is 0 Å². The minimum absolute atomic E-state index is 0.00125. The fourth-order valence-electron chi connectivity index (χ4n) is 5.02. The number of carbonyl (C=O) groups is 2. The van der Waals surface area contributed by atoms with Crippen molar-refractivity contribution in [2.45, 2.75) is 25.0 Å². The summed E-state index contributed by atoms with van der Waals surface area (Å²) < 4.78 is 23.0. The molecule has 0 fully saturated rings. The summed E-state index contributed by atoms with van der Waals surface area (Å²) in [5.74, 6) is -0.331. The number of aromatic hydroxyl groups is 4. The van der Waals surface area contributed by atoms with Crippen LogP contribution in [0, 0.1) is 0 Å². The van der Waals surface area contributed by atoms with Gasteiger partial charge in [0.1, 0.15) is 63.6 Å². The normalized spacial score (nSPS) is 17.6. The zero-order valence-electron chi connectivity index (χ0n) is 21.7. The molecule has 0 saturated heterocycles. The summed E-state index contributed by atoms with van der Waals surface area (Å²) in [6.45, 7) is 0. The third-order valence-electron chi connectivity index (χ3n) is 7.03. The SMILES string of the molecule is COc1cc(O)c2c(c1)O[C@H](c1ccc(O)c(Oc3ccc([C@@H]4CC(=O)c5c(O)cc(O)cc5O4)cc3)c1)CC2=O. The number of carbonyl (C=O) groups excluding carboxylic acids is 2. The Kier molecular flexibility index (Phi) is 6.30. The Balaban J connectivity index is 1.20. The van der Waals surface area contributed by atoms with E-state index in [1.54, 1.807) is 36.4 Å². The molecular formula is C31H24O10. The van der Waals surface area contributed by atoms with Gasteiger partial charge in [-0.15, -0.1) is 0 Å². The van der Waals surface area contributed by atoms with E-state index >= 15 is 0 Å². The van der Waals surface area contributed by atoms with Crippen molar-refractivity contribution in [2.24, 2.45) is 0 Å². The summed E-state index contributed by atoms with van der Waals surface area (Å²) in [5, 5.41) is 40.5. The number of ether oxygens (including phenoxy) is 4. The molecule has 2 atom stereocenters. The minimum Gasteiger partial charge on any atom is -0.508 e. The number of phenols is 4. The fraction of sp³-hybridized carbons (Fsp3) is 0.161. The van der Waals surface area contributed by atoms with Crippen LogP contribution in [0.5, 0.6) is 51.7 Å². The van der Waals surface area contributed by atoms with Crippen LogP contribution in [-0.2, 0) is 0 Å². The van der Waals surface area contributed by atoms with Crippen LogP contribution in [0.4, 0.5) is 0 Å². The zero-order valence-corrected chi connectivity index (χ0v) is 21.7. The van der Waals surface area contributed by atoms with Gasteiger partial charge in [-0.25, -0.2) is 0 Å². The number of hydrogen-bond donors (Lipinski definition) is 4. The molecule has 0 unspecified atom stereocenters. The minimum atomic E-state index is -0.686. The first kappa shape index (κ1) is 25.9. The molecule has 2 aliphatic rings. The molecule has 4 N–H and O–H groups in total. The predicted molar refractivity (Wildman–Crippen MR) is 144 cm³/mol. The Morgan fingerprint density at radius 1 is 0.659 bits per heavy atom. The van der Waals surface area contributed by atoms with Crippen LogP contribution in [0.25, 0.3) is 0 Å². The summed E-state index contributed by atoms with van der Waals surface area (Å²) >= 11 is 0. The standard InChI is InChI=1S/C31H24O10/c1-38-19-11-22(35)31-24(37)14-26(41-29(31)12-19)16-4-7-20(33)27(8-16)39-18-5-2-15(3-6-18)25-13-23(36)30-21(34)9-17(32)10-28(30)40-25/h2-12,25-26,32-35H,13-14H2,1H3/t25-,26-/m0/s1. The monoisotopic (exact) mass is 556 g/mol. The molecule has 0 bridgehead atoms. The van der Waals surface area contributed by atoms with Crippen LogP contribution in [0.3, 0.4) is 0 Å². The Morgan fingerprint density at radius 3 is 1.90 bits per heavy atom. The molecule has 0 saturated carbocycles. The van der Waals surface area contributed by atoms with Gasteiger partial charge in [0.15, 0.2) is 23.1 Å². The van der Waals surface area contributed by atoms with Crippen LogP contribution in [-0.4, -0.2) is 39.1 Å². The lowest BCUT2D eigenvalue weighted by atomic mass is 9.95. The van der Waals surface area contributed by atoms with Gasteiger partial charge in [0.2, 0.25) is 0 Å². The van der Waals surface area contributed by atoms with E-state index in [4.69, 9.17) is 18.9 Å². The summed E-state index contributed by atoms with van der Waals surface area (Å²) in [5.41, 5.74) is 1.38. The molecule has 0 spiro atoms. The Hall–Kier alpha value is -5.38. The fourth-order valence-corrected chi connectivity index (χ4v) is 5.02. The molecule has 0 radical (unpaired) electrons. The van der Waals surface area contributed by atoms with Gasteiger partial charge in [-0.1, -0.05) is 18.2 Å². The molecule has 41 heavy (non-hydrogen) atoms. The molecule has 10 heteroatoms. The van der Waals surface area contributed by atoms with Gasteiger partial charge >= 0.3 is 0 Å². The van der Waals surface area contributed by atoms with Crippen molar-refractivity contribution < 1.29 is 49.0 Å². The topological polar surface area (TPSA) is 152 Å². The van der Waals surface area contributed by atoms with Crippen molar-refractivity contribution in [1.82, 2.24) is 0 Å². The van der Waals surface area contributed by atoms with E-state index in [0.29, 0.717) is 22.6 Å². The van der Waals surface area contributed by atoms with Crippen LogP contribution in [0.2, 0.25) is 0 Å². The molecule has 2 heterocycles.